The quantitative estimate of drug-likeness (QED) is 0.107. The van der Waals surface area contributed by atoms with Crippen molar-refractivity contribution in [2.75, 3.05) is 77.8 Å². The van der Waals surface area contributed by atoms with E-state index in [1.54, 1.807) is 26.8 Å². The number of nitrogens with one attached hydrogen (secondary N) is 2. The number of carbonyl (C=O) groups excluding carboxylic acids is 1. The fourth-order valence-corrected chi connectivity index (χ4v) is 5.90. The second-order valence-corrected chi connectivity index (χ2v) is 14.2. The number of rotatable bonds is 21. The van der Waals surface area contributed by atoms with E-state index in [2.05, 4.69) is 25.0 Å². The van der Waals surface area contributed by atoms with E-state index in [0.717, 1.165) is 12.1 Å². The first-order chi connectivity index (χ1) is 25.8. The van der Waals surface area contributed by atoms with Gasteiger partial charge in [-0.3, -0.25) is 4.72 Å². The summed E-state index contributed by atoms with van der Waals surface area (Å²) in [7, 11) is -3.18. The molecule has 0 aliphatic carbocycles. The number of nitrogens with zero attached hydrogens (tertiary/aromatic N) is 3. The number of ether oxygens (including phenoxy) is 7. The van der Waals surface area contributed by atoms with Gasteiger partial charge in [0.15, 0.2) is 0 Å². The number of aryl methyl sites for hydroxylation is 1. The third-order valence-electron chi connectivity index (χ3n) is 7.22. The summed E-state index contributed by atoms with van der Waals surface area (Å²) in [5, 5.41) is 3.30. The maximum absolute atomic E-state index is 14.4. The minimum atomic E-state index is -4.48. The Hall–Kier alpha value is -4.75. The van der Waals surface area contributed by atoms with Gasteiger partial charge in [0.2, 0.25) is 5.88 Å². The van der Waals surface area contributed by atoms with E-state index in [9.17, 15) is 22.0 Å². The summed E-state index contributed by atoms with van der Waals surface area (Å²) in [5.41, 5.74) is 1.69. The molecule has 294 valence electrons. The molecule has 0 fully saturated rings. The second kappa shape index (κ2) is 20.1. The van der Waals surface area contributed by atoms with Crippen molar-refractivity contribution in [3.05, 3.63) is 66.3 Å². The molecule has 0 spiro atoms. The molecule has 2 aromatic carbocycles. The highest BCUT2D eigenvalue weighted by Crippen LogP contribution is 2.35. The van der Waals surface area contributed by atoms with Crippen LogP contribution in [0.4, 0.5) is 19.3 Å². The summed E-state index contributed by atoms with van der Waals surface area (Å²) in [5.74, 6) is -1.80. The van der Waals surface area contributed by atoms with Gasteiger partial charge in [-0.15, -0.1) is 0 Å². The number of alkyl carbamates (subject to hydrolysis) is 1. The van der Waals surface area contributed by atoms with Gasteiger partial charge in [-0.2, -0.15) is 0 Å². The predicted octanol–water partition coefficient (Wildman–Crippen LogP) is 5.06. The lowest BCUT2D eigenvalue weighted by atomic mass is 10.0. The molecule has 2 N–H and O–H groups in total. The number of benzene rings is 2. The fraction of sp³-hybridized carbons (Fsp3) is 0.444. The monoisotopic (exact) mass is 777 g/mol. The number of carbonyl (C=O) groups is 1. The van der Waals surface area contributed by atoms with E-state index in [-0.39, 0.29) is 24.8 Å². The maximum atomic E-state index is 14.4. The van der Waals surface area contributed by atoms with Crippen LogP contribution in [0.1, 0.15) is 26.5 Å². The zero-order chi connectivity index (χ0) is 39.1. The van der Waals surface area contributed by atoms with Gasteiger partial charge in [0.1, 0.15) is 52.0 Å². The number of pyridine rings is 1. The van der Waals surface area contributed by atoms with E-state index in [1.165, 1.54) is 25.7 Å². The van der Waals surface area contributed by atoms with Crippen molar-refractivity contribution >= 4 is 32.7 Å². The number of aromatic nitrogens is 3. The molecule has 54 heavy (non-hydrogen) atoms. The SMILES string of the molecule is COc1ncc(-c2cc(OCCOCCOCCOCCOCCNC(=O)OC(C)(C)C)c3ncnc(C)c3c2)cc1NS(=O)(=O)c1ccc(F)cc1F. The standard InChI is InChI=1S/C36H45F2N5O10S/c1-24-28-18-25(26-19-30(34(47-5)40-22-26)43-54(45,46)32-7-6-27(37)21-29(32)38)20-31(33(28)42-23-41-24)52-17-16-51-15-14-50-13-12-49-11-10-48-9-8-39-35(44)53-36(2,3)4/h6-7,18-23,43H,8-17H2,1-5H3,(H,39,44). The van der Waals surface area contributed by atoms with Crippen molar-refractivity contribution in [2.24, 2.45) is 0 Å². The topological polar surface area (TPSA) is 179 Å². The van der Waals surface area contributed by atoms with E-state index >= 15 is 0 Å². The molecular weight excluding hydrogens is 732 g/mol. The van der Waals surface area contributed by atoms with Gasteiger partial charge in [0.05, 0.1) is 60.0 Å². The number of methoxy groups -OCH3 is 1. The van der Waals surface area contributed by atoms with Gasteiger partial charge in [0, 0.05) is 35.5 Å². The molecule has 1 amide bonds. The Bertz CT molecular complexity index is 1960. The summed E-state index contributed by atoms with van der Waals surface area (Å²) in [4.78, 5) is 23.8. The molecule has 0 saturated carbocycles. The molecule has 18 heteroatoms. The summed E-state index contributed by atoms with van der Waals surface area (Å²) >= 11 is 0. The van der Waals surface area contributed by atoms with Crippen molar-refractivity contribution in [2.45, 2.75) is 38.2 Å². The molecule has 4 aromatic rings. The summed E-state index contributed by atoms with van der Waals surface area (Å²) in [6.07, 6.45) is 2.42. The van der Waals surface area contributed by atoms with Crippen LogP contribution >= 0.6 is 0 Å². The Kier molecular flexibility index (Phi) is 15.6. The Morgan fingerprint density at radius 1 is 0.815 bits per heavy atom. The van der Waals surface area contributed by atoms with Gasteiger partial charge < -0.3 is 38.5 Å². The molecule has 2 heterocycles. The Morgan fingerprint density at radius 2 is 1.46 bits per heavy atom. The van der Waals surface area contributed by atoms with Crippen molar-refractivity contribution in [3.8, 4) is 22.8 Å². The first kappa shape index (κ1) is 42.0. The number of sulfonamides is 1. The predicted molar refractivity (Wildman–Crippen MR) is 194 cm³/mol. The minimum Gasteiger partial charge on any atom is -0.489 e. The molecule has 0 saturated heterocycles. The van der Waals surface area contributed by atoms with Gasteiger partial charge in [0.25, 0.3) is 10.0 Å². The number of halogens is 2. The first-order valence-electron chi connectivity index (χ1n) is 17.0. The Morgan fingerprint density at radius 3 is 2.09 bits per heavy atom. The zero-order valence-electron chi connectivity index (χ0n) is 30.8. The summed E-state index contributed by atoms with van der Waals surface area (Å²) in [6, 6.07) is 7.18. The number of fused-ring (bicyclic) bond motifs is 1. The molecule has 0 atom stereocenters. The molecule has 2 aromatic heterocycles. The average molecular weight is 778 g/mol. The smallest absolute Gasteiger partial charge is 0.407 e. The molecule has 0 aliphatic heterocycles. The van der Waals surface area contributed by atoms with E-state index in [4.69, 9.17) is 33.2 Å². The molecule has 15 nitrogen and oxygen atoms in total. The lowest BCUT2D eigenvalue weighted by Gasteiger charge is -2.19. The van der Waals surface area contributed by atoms with Crippen LogP contribution < -0.4 is 19.5 Å². The molecule has 0 bridgehead atoms. The van der Waals surface area contributed by atoms with Crippen LogP contribution in [0.2, 0.25) is 0 Å². The third-order valence-corrected chi connectivity index (χ3v) is 8.62. The molecule has 0 radical (unpaired) electrons. The van der Waals surface area contributed by atoms with E-state index in [1.807, 2.05) is 13.0 Å². The molecule has 0 aliphatic rings. The molecular formula is C36H45F2N5O10S. The Balaban J connectivity index is 1.23. The highest BCUT2D eigenvalue weighted by atomic mass is 32.2. The number of amides is 1. The lowest BCUT2D eigenvalue weighted by Crippen LogP contribution is -2.34. The van der Waals surface area contributed by atoms with Crippen molar-refractivity contribution < 1.29 is 55.2 Å². The summed E-state index contributed by atoms with van der Waals surface area (Å²) < 4.78 is 94.7. The fourth-order valence-electron chi connectivity index (χ4n) is 4.79. The van der Waals surface area contributed by atoms with Crippen LogP contribution in [0, 0.1) is 18.6 Å². The van der Waals surface area contributed by atoms with Crippen LogP contribution in [0.25, 0.3) is 22.0 Å². The van der Waals surface area contributed by atoms with Gasteiger partial charge in [-0.25, -0.2) is 36.9 Å². The van der Waals surface area contributed by atoms with Crippen LogP contribution in [0.3, 0.4) is 0 Å². The second-order valence-electron chi connectivity index (χ2n) is 12.5. The zero-order valence-corrected chi connectivity index (χ0v) is 31.6. The van der Waals surface area contributed by atoms with E-state index < -0.39 is 38.2 Å². The van der Waals surface area contributed by atoms with Crippen molar-refractivity contribution in [1.29, 1.82) is 0 Å². The van der Waals surface area contributed by atoms with E-state index in [0.29, 0.717) is 92.3 Å². The first-order valence-corrected chi connectivity index (χ1v) is 18.4. The molecule has 4 rings (SSSR count). The van der Waals surface area contributed by atoms with Crippen LogP contribution in [-0.2, 0) is 33.7 Å². The molecule has 0 unspecified atom stereocenters. The normalized spacial score (nSPS) is 11.8. The van der Waals surface area contributed by atoms with Gasteiger partial charge in [-0.05, 0) is 63.6 Å². The van der Waals surface area contributed by atoms with Crippen LogP contribution in [-0.4, -0.2) is 108 Å². The number of hydrogen-bond acceptors (Lipinski definition) is 13. The lowest BCUT2D eigenvalue weighted by molar-refractivity contribution is -0.00452. The van der Waals surface area contributed by atoms with Crippen molar-refractivity contribution in [3.63, 3.8) is 0 Å². The highest BCUT2D eigenvalue weighted by Gasteiger charge is 2.23. The Labute approximate surface area is 312 Å². The van der Waals surface area contributed by atoms with Crippen LogP contribution in [0.5, 0.6) is 11.6 Å². The van der Waals surface area contributed by atoms with Gasteiger partial charge in [-0.1, -0.05) is 0 Å². The maximum Gasteiger partial charge on any atom is 0.407 e. The van der Waals surface area contributed by atoms with Crippen molar-refractivity contribution in [1.82, 2.24) is 20.3 Å². The van der Waals surface area contributed by atoms with Crippen LogP contribution in [0.15, 0.2) is 53.8 Å². The minimum absolute atomic E-state index is 0.0666. The largest absolute Gasteiger partial charge is 0.489 e. The number of anilines is 1. The number of hydrogen-bond donors (Lipinski definition) is 2. The average Bonchev–Trinajstić information content (AvgIpc) is 3.10. The van der Waals surface area contributed by atoms with Gasteiger partial charge >= 0.3 is 6.09 Å². The third kappa shape index (κ3) is 13.0. The summed E-state index contributed by atoms with van der Waals surface area (Å²) in [6.45, 7) is 10.5. The highest BCUT2D eigenvalue weighted by molar-refractivity contribution is 7.92.